The number of nitro groups is 1. The number of halogens is 2. The van der Waals surface area contributed by atoms with E-state index in [0.717, 1.165) is 10.5 Å². The third-order valence-corrected chi connectivity index (χ3v) is 7.01. The molecular weight excluding hydrogens is 533 g/mol. The quantitative estimate of drug-likeness (QED) is 0.133. The zero-order valence-electron chi connectivity index (χ0n) is 19.1. The van der Waals surface area contributed by atoms with Crippen molar-refractivity contribution in [2.24, 2.45) is 0 Å². The zero-order valence-corrected chi connectivity index (χ0v) is 21.4. The molecule has 4 aromatic carbocycles. The highest BCUT2D eigenvalue weighted by Gasteiger charge is 2.23. The van der Waals surface area contributed by atoms with Gasteiger partial charge in [-0.25, -0.2) is 0 Å². The van der Waals surface area contributed by atoms with Gasteiger partial charge in [0.15, 0.2) is 0 Å². The van der Waals surface area contributed by atoms with Crippen molar-refractivity contribution < 1.29 is 14.5 Å². The van der Waals surface area contributed by atoms with Crippen molar-refractivity contribution in [2.75, 3.05) is 10.6 Å². The van der Waals surface area contributed by atoms with Gasteiger partial charge in [-0.2, -0.15) is 0 Å². The summed E-state index contributed by atoms with van der Waals surface area (Å²) in [6, 6.07) is 26.6. The number of rotatable bonds is 8. The number of nitrogens with zero attached hydrogens (tertiary/aromatic N) is 1. The second-order valence-corrected chi connectivity index (χ2v) is 9.83. The van der Waals surface area contributed by atoms with E-state index in [2.05, 4.69) is 10.6 Å². The van der Waals surface area contributed by atoms with Crippen LogP contribution in [0.3, 0.4) is 0 Å². The second-order valence-electron chi connectivity index (χ2n) is 7.81. The number of amides is 2. The molecule has 10 heteroatoms. The van der Waals surface area contributed by atoms with Gasteiger partial charge in [0.2, 0.25) is 5.91 Å². The molecule has 2 N–H and O–H groups in total. The molecule has 0 radical (unpaired) electrons. The Balaban J connectivity index is 1.53. The normalized spacial score (nSPS) is 11.4. The Bertz CT molecular complexity index is 1450. The molecule has 0 saturated heterocycles. The molecule has 37 heavy (non-hydrogen) atoms. The average Bonchev–Trinajstić information content (AvgIpc) is 2.89. The molecule has 4 rings (SSSR count). The highest BCUT2D eigenvalue weighted by Crippen LogP contribution is 2.38. The van der Waals surface area contributed by atoms with Crippen LogP contribution in [-0.2, 0) is 4.79 Å². The maximum absolute atomic E-state index is 13.3. The van der Waals surface area contributed by atoms with Crippen LogP contribution in [0.4, 0.5) is 17.1 Å². The maximum atomic E-state index is 13.3. The number of carbonyl (C=O) groups excluding carboxylic acids is 2. The number of non-ortho nitro benzene ring substituents is 1. The Morgan fingerprint density at radius 1 is 0.838 bits per heavy atom. The van der Waals surface area contributed by atoms with Crippen molar-refractivity contribution in [3.63, 3.8) is 0 Å². The van der Waals surface area contributed by atoms with Crippen molar-refractivity contribution in [2.45, 2.75) is 10.1 Å². The maximum Gasteiger partial charge on any atom is 0.269 e. The van der Waals surface area contributed by atoms with Gasteiger partial charge in [0, 0.05) is 33.3 Å². The molecule has 0 fully saturated rings. The average molecular weight is 552 g/mol. The molecule has 1 atom stereocenters. The topological polar surface area (TPSA) is 101 Å². The smallest absolute Gasteiger partial charge is 0.269 e. The van der Waals surface area contributed by atoms with E-state index < -0.39 is 16.1 Å². The van der Waals surface area contributed by atoms with Gasteiger partial charge in [0.05, 0.1) is 15.6 Å². The monoisotopic (exact) mass is 551 g/mol. The zero-order chi connectivity index (χ0) is 26.4. The molecule has 4 aromatic rings. The minimum absolute atomic E-state index is 0.0972. The number of anilines is 2. The summed E-state index contributed by atoms with van der Waals surface area (Å²) >= 11 is 13.5. The number of hydrogen-bond donors (Lipinski definition) is 2. The van der Waals surface area contributed by atoms with E-state index in [1.165, 1.54) is 36.0 Å². The first-order valence-corrected chi connectivity index (χ1v) is 12.6. The van der Waals surface area contributed by atoms with Crippen molar-refractivity contribution in [1.29, 1.82) is 0 Å². The summed E-state index contributed by atoms with van der Waals surface area (Å²) in [4.78, 5) is 37.0. The number of thioether (sulfide) groups is 1. The second kappa shape index (κ2) is 11.9. The van der Waals surface area contributed by atoms with E-state index >= 15 is 0 Å². The van der Waals surface area contributed by atoms with Gasteiger partial charge in [0.1, 0.15) is 5.25 Å². The number of hydrogen-bond acceptors (Lipinski definition) is 5. The lowest BCUT2D eigenvalue weighted by Gasteiger charge is -2.18. The SMILES string of the molecule is O=C(Nc1cccc(SC(C(=O)Nc2ccc(Cl)cc2Cl)c2ccccc2)c1)c1ccc([N+](=O)[O-])cc1. The molecule has 0 heterocycles. The van der Waals surface area contributed by atoms with Crippen molar-refractivity contribution in [3.05, 3.63) is 128 Å². The Hall–Kier alpha value is -3.85. The molecule has 0 aliphatic carbocycles. The highest BCUT2D eigenvalue weighted by atomic mass is 35.5. The number of benzene rings is 4. The van der Waals surface area contributed by atoms with Crippen LogP contribution in [0, 0.1) is 10.1 Å². The Labute approximate surface area is 227 Å². The Morgan fingerprint density at radius 2 is 1.57 bits per heavy atom. The fourth-order valence-corrected chi connectivity index (χ4v) is 4.95. The van der Waals surface area contributed by atoms with Crippen LogP contribution >= 0.6 is 35.0 Å². The van der Waals surface area contributed by atoms with Crippen LogP contribution in [-0.4, -0.2) is 16.7 Å². The van der Waals surface area contributed by atoms with E-state index in [9.17, 15) is 19.7 Å². The number of nitro benzene ring substituents is 1. The molecular formula is C27H19Cl2N3O4S. The van der Waals surface area contributed by atoms with Gasteiger partial charge in [-0.3, -0.25) is 19.7 Å². The summed E-state index contributed by atoms with van der Waals surface area (Å²) in [6.07, 6.45) is 0. The molecule has 0 aromatic heterocycles. The third kappa shape index (κ3) is 6.89. The lowest BCUT2D eigenvalue weighted by Crippen LogP contribution is -2.19. The summed E-state index contributed by atoms with van der Waals surface area (Å²) < 4.78 is 0. The van der Waals surface area contributed by atoms with Gasteiger partial charge in [-0.05, 0) is 54.1 Å². The first-order chi connectivity index (χ1) is 17.8. The van der Waals surface area contributed by atoms with Gasteiger partial charge in [-0.15, -0.1) is 11.8 Å². The van der Waals surface area contributed by atoms with E-state index in [4.69, 9.17) is 23.2 Å². The molecule has 0 spiro atoms. The third-order valence-electron chi connectivity index (χ3n) is 5.22. The molecule has 2 amide bonds. The molecule has 186 valence electrons. The standard InChI is InChI=1S/C27H19Cl2N3O4S/c28-19-11-14-24(23(29)15-19)31-27(34)25(17-5-2-1-3-6-17)37-22-8-4-7-20(16-22)30-26(33)18-9-12-21(13-10-18)32(35)36/h1-16,25H,(H,30,33)(H,31,34). The molecule has 0 saturated carbocycles. The van der Waals surface area contributed by atoms with Crippen LogP contribution in [0.2, 0.25) is 10.0 Å². The highest BCUT2D eigenvalue weighted by molar-refractivity contribution is 8.00. The van der Waals surface area contributed by atoms with Crippen LogP contribution in [0.1, 0.15) is 21.2 Å². The van der Waals surface area contributed by atoms with Crippen LogP contribution < -0.4 is 10.6 Å². The lowest BCUT2D eigenvalue weighted by atomic mass is 10.1. The predicted octanol–water partition coefficient (Wildman–Crippen LogP) is 7.63. The summed E-state index contributed by atoms with van der Waals surface area (Å²) in [5, 5.41) is 16.7. The fourth-order valence-electron chi connectivity index (χ4n) is 3.41. The summed E-state index contributed by atoms with van der Waals surface area (Å²) in [5.41, 5.74) is 1.93. The van der Waals surface area contributed by atoms with Crippen LogP contribution in [0.5, 0.6) is 0 Å². The van der Waals surface area contributed by atoms with Crippen molar-refractivity contribution >= 4 is 63.8 Å². The molecule has 1 unspecified atom stereocenters. The summed E-state index contributed by atoms with van der Waals surface area (Å²) in [7, 11) is 0. The fraction of sp³-hybridized carbons (Fsp3) is 0.0370. The molecule has 0 aliphatic heterocycles. The predicted molar refractivity (Wildman–Crippen MR) is 148 cm³/mol. The number of carbonyl (C=O) groups is 2. The minimum Gasteiger partial charge on any atom is -0.323 e. The van der Waals surface area contributed by atoms with E-state index in [1.54, 1.807) is 36.4 Å². The summed E-state index contributed by atoms with van der Waals surface area (Å²) in [6.45, 7) is 0. The Morgan fingerprint density at radius 3 is 2.24 bits per heavy atom. The van der Waals surface area contributed by atoms with Crippen LogP contribution in [0.15, 0.2) is 102 Å². The molecule has 0 bridgehead atoms. The van der Waals surface area contributed by atoms with Crippen LogP contribution in [0.25, 0.3) is 0 Å². The largest absolute Gasteiger partial charge is 0.323 e. The molecule has 0 aliphatic rings. The van der Waals surface area contributed by atoms with Crippen molar-refractivity contribution in [3.8, 4) is 0 Å². The van der Waals surface area contributed by atoms with E-state index in [0.29, 0.717) is 21.4 Å². The minimum atomic E-state index is -0.617. The van der Waals surface area contributed by atoms with Gasteiger partial charge in [-0.1, -0.05) is 59.6 Å². The van der Waals surface area contributed by atoms with Gasteiger partial charge < -0.3 is 10.6 Å². The van der Waals surface area contributed by atoms with E-state index in [-0.39, 0.29) is 17.2 Å². The first kappa shape index (κ1) is 26.2. The lowest BCUT2D eigenvalue weighted by molar-refractivity contribution is -0.384. The number of nitrogens with one attached hydrogen (secondary N) is 2. The first-order valence-electron chi connectivity index (χ1n) is 10.9. The van der Waals surface area contributed by atoms with E-state index in [1.807, 2.05) is 36.4 Å². The van der Waals surface area contributed by atoms with Gasteiger partial charge >= 0.3 is 0 Å². The van der Waals surface area contributed by atoms with Crippen molar-refractivity contribution in [1.82, 2.24) is 0 Å². The van der Waals surface area contributed by atoms with Gasteiger partial charge in [0.25, 0.3) is 11.6 Å². The molecule has 7 nitrogen and oxygen atoms in total. The Kier molecular flexibility index (Phi) is 8.45. The summed E-state index contributed by atoms with van der Waals surface area (Å²) in [5.74, 6) is -0.687.